The Kier molecular flexibility index (Phi) is 9.17. The second-order valence-corrected chi connectivity index (χ2v) is 21.8. The van der Waals surface area contributed by atoms with E-state index in [-0.39, 0.29) is 29.7 Å². The third kappa shape index (κ3) is 7.02. The Labute approximate surface area is 211 Å². The first-order valence-corrected chi connectivity index (χ1v) is 18.0. The lowest BCUT2D eigenvalue weighted by molar-refractivity contribution is -0.0590. The fraction of sp³-hybridized carbons (Fsp3) is 0.792. The molecule has 1 aliphatic heterocycles. The van der Waals surface area contributed by atoms with Gasteiger partial charge in [0, 0.05) is 12.3 Å². The summed E-state index contributed by atoms with van der Waals surface area (Å²) in [6.07, 6.45) is -0.841. The van der Waals surface area contributed by atoms with Gasteiger partial charge in [-0.15, -0.1) is 0 Å². The molecule has 9 nitrogen and oxygen atoms in total. The average molecular weight is 526 g/mol. The van der Waals surface area contributed by atoms with E-state index in [0.29, 0.717) is 0 Å². The van der Waals surface area contributed by atoms with Crippen LogP contribution in [0.1, 0.15) is 54.2 Å². The topological polar surface area (TPSA) is 116 Å². The van der Waals surface area contributed by atoms with Crippen molar-refractivity contribution in [2.45, 2.75) is 109 Å². The number of nitrogens with one attached hydrogen (secondary N) is 1. The van der Waals surface area contributed by atoms with Crippen LogP contribution >= 0.6 is 0 Å². The highest BCUT2D eigenvalue weighted by atomic mass is 28.4. The number of H-pyrrole nitrogens is 1. The first-order valence-electron chi connectivity index (χ1n) is 12.2. The zero-order valence-electron chi connectivity index (χ0n) is 22.9. The van der Waals surface area contributed by atoms with E-state index in [1.807, 2.05) is 0 Å². The monoisotopic (exact) mass is 525 g/mol. The van der Waals surface area contributed by atoms with Crippen molar-refractivity contribution in [1.29, 1.82) is 5.26 Å². The Morgan fingerprint density at radius 1 is 1.06 bits per heavy atom. The zero-order chi connectivity index (χ0) is 26.8. The van der Waals surface area contributed by atoms with E-state index in [0.717, 1.165) is 0 Å². The van der Waals surface area contributed by atoms with Gasteiger partial charge in [0.05, 0.1) is 25.7 Å². The molecule has 11 heteroatoms. The molecule has 4 atom stereocenters. The minimum Gasteiger partial charge on any atom is -0.414 e. The summed E-state index contributed by atoms with van der Waals surface area (Å²) in [6, 6.07) is 3.40. The molecule has 2 heterocycles. The van der Waals surface area contributed by atoms with E-state index >= 15 is 0 Å². The first-order chi connectivity index (χ1) is 15.9. The Balaban J connectivity index is 2.50. The predicted molar refractivity (Wildman–Crippen MR) is 140 cm³/mol. The van der Waals surface area contributed by atoms with Crippen LogP contribution < -0.4 is 11.2 Å². The number of ether oxygens (including phenoxy) is 2. The number of aromatic amines is 1. The van der Waals surface area contributed by atoms with Crippen LogP contribution in [0.5, 0.6) is 0 Å². The summed E-state index contributed by atoms with van der Waals surface area (Å²) in [4.78, 5) is 26.7. The molecule has 0 aliphatic carbocycles. The SMILES string of the molecule is CC(C)(C)[Si](C)(C)OC[C@H]1O[C@@H](n2ccc(=O)[nH]c2=O)C(O[Si](C)(C)C(C)(C)C)[C@H]1OCCC#N. The Hall–Kier alpha value is -1.56. The molecule has 2 rings (SSSR count). The van der Waals surface area contributed by atoms with Crippen LogP contribution in [0.2, 0.25) is 36.3 Å². The maximum Gasteiger partial charge on any atom is 0.330 e. The molecular weight excluding hydrogens is 482 g/mol. The van der Waals surface area contributed by atoms with Gasteiger partial charge in [-0.25, -0.2) is 4.79 Å². The molecule has 0 bridgehead atoms. The summed E-state index contributed by atoms with van der Waals surface area (Å²) >= 11 is 0. The second-order valence-electron chi connectivity index (χ2n) is 12.2. The molecule has 1 saturated heterocycles. The lowest BCUT2D eigenvalue weighted by Crippen LogP contribution is -2.51. The summed E-state index contributed by atoms with van der Waals surface area (Å²) in [5, 5.41) is 8.99. The molecule has 1 aromatic rings. The van der Waals surface area contributed by atoms with Crippen molar-refractivity contribution in [2.24, 2.45) is 0 Å². The summed E-state index contributed by atoms with van der Waals surface area (Å²) in [6.45, 7) is 22.0. The van der Waals surface area contributed by atoms with Gasteiger partial charge in [0.2, 0.25) is 0 Å². The van der Waals surface area contributed by atoms with Crippen molar-refractivity contribution in [3.8, 4) is 6.07 Å². The maximum atomic E-state index is 12.7. The quantitative estimate of drug-likeness (QED) is 0.380. The van der Waals surface area contributed by atoms with Gasteiger partial charge in [0.25, 0.3) is 5.56 Å². The molecule has 35 heavy (non-hydrogen) atoms. The number of aromatic nitrogens is 2. The van der Waals surface area contributed by atoms with Gasteiger partial charge in [-0.05, 0) is 36.3 Å². The molecule has 1 N–H and O–H groups in total. The van der Waals surface area contributed by atoms with E-state index in [1.165, 1.54) is 16.8 Å². The molecule has 1 aliphatic rings. The van der Waals surface area contributed by atoms with Crippen LogP contribution in [0.4, 0.5) is 0 Å². The van der Waals surface area contributed by atoms with Gasteiger partial charge in [0.1, 0.15) is 18.3 Å². The highest BCUT2D eigenvalue weighted by molar-refractivity contribution is 6.74. The maximum absolute atomic E-state index is 12.7. The lowest BCUT2D eigenvalue weighted by atomic mass is 10.1. The van der Waals surface area contributed by atoms with Crippen LogP contribution in [0.15, 0.2) is 21.9 Å². The number of nitrogens with zero attached hydrogens (tertiary/aromatic N) is 2. The summed E-state index contributed by atoms with van der Waals surface area (Å²) in [5.41, 5.74) is -1.06. The van der Waals surface area contributed by atoms with Gasteiger partial charge in [-0.3, -0.25) is 14.3 Å². The van der Waals surface area contributed by atoms with Gasteiger partial charge in [-0.2, -0.15) is 5.26 Å². The summed E-state index contributed by atoms with van der Waals surface area (Å²) < 4.78 is 27.2. The first kappa shape index (κ1) is 29.7. The molecule has 1 fully saturated rings. The highest BCUT2D eigenvalue weighted by Gasteiger charge is 2.52. The van der Waals surface area contributed by atoms with Crippen molar-refractivity contribution in [3.63, 3.8) is 0 Å². The molecule has 0 aromatic carbocycles. The third-order valence-corrected chi connectivity index (χ3v) is 16.6. The predicted octanol–water partition coefficient (Wildman–Crippen LogP) is 4.15. The molecule has 0 amide bonds. The number of nitriles is 1. The fourth-order valence-corrected chi connectivity index (χ4v) is 5.58. The second kappa shape index (κ2) is 10.8. The lowest BCUT2D eigenvalue weighted by Gasteiger charge is -2.41. The van der Waals surface area contributed by atoms with Gasteiger partial charge in [0.15, 0.2) is 22.9 Å². The normalized spacial score (nSPS) is 23.9. The molecule has 1 aromatic heterocycles. The summed E-state index contributed by atoms with van der Waals surface area (Å²) in [7, 11) is -4.42. The smallest absolute Gasteiger partial charge is 0.330 e. The molecule has 0 radical (unpaired) electrons. The summed E-state index contributed by atoms with van der Waals surface area (Å²) in [5.74, 6) is 0. The molecular formula is C24H43N3O6Si2. The van der Waals surface area contributed by atoms with E-state index in [1.54, 1.807) is 0 Å². The van der Waals surface area contributed by atoms with E-state index in [4.69, 9.17) is 23.6 Å². The van der Waals surface area contributed by atoms with Crippen LogP contribution in [-0.4, -0.2) is 57.7 Å². The molecule has 198 valence electrons. The van der Waals surface area contributed by atoms with Crippen molar-refractivity contribution < 1.29 is 18.3 Å². The minimum atomic E-state index is -2.33. The van der Waals surface area contributed by atoms with E-state index in [2.05, 4.69) is 78.8 Å². The van der Waals surface area contributed by atoms with Crippen molar-refractivity contribution >= 4 is 16.6 Å². The number of hydrogen-bond donors (Lipinski definition) is 1. The van der Waals surface area contributed by atoms with Crippen molar-refractivity contribution in [2.75, 3.05) is 13.2 Å². The molecule has 0 saturated carbocycles. The van der Waals surface area contributed by atoms with Crippen molar-refractivity contribution in [1.82, 2.24) is 9.55 Å². The van der Waals surface area contributed by atoms with Gasteiger partial charge < -0.3 is 18.3 Å². The molecule has 1 unspecified atom stereocenters. The van der Waals surface area contributed by atoms with Gasteiger partial charge in [-0.1, -0.05) is 41.5 Å². The number of hydrogen-bond acceptors (Lipinski definition) is 7. The van der Waals surface area contributed by atoms with Gasteiger partial charge >= 0.3 is 5.69 Å². The van der Waals surface area contributed by atoms with E-state index < -0.39 is 52.4 Å². The largest absolute Gasteiger partial charge is 0.414 e. The highest BCUT2D eigenvalue weighted by Crippen LogP contribution is 2.43. The van der Waals surface area contributed by atoms with Crippen LogP contribution in [0.3, 0.4) is 0 Å². The van der Waals surface area contributed by atoms with Crippen LogP contribution in [0.25, 0.3) is 0 Å². The zero-order valence-corrected chi connectivity index (χ0v) is 24.9. The third-order valence-electron chi connectivity index (χ3n) is 7.59. The van der Waals surface area contributed by atoms with Crippen LogP contribution in [-0.2, 0) is 18.3 Å². The Bertz CT molecular complexity index is 1020. The number of rotatable bonds is 9. The standard InChI is InChI=1S/C24H43N3O6Si2/c1-23(2,3)34(7,8)31-16-17-19(30-15-11-13-25)20(33-35(9,10)24(4,5)6)21(32-17)27-14-12-18(28)26-22(27)29/h12,14,17,19-21H,11,15-16H2,1-10H3,(H,26,28,29)/t17-,19+,20?,21-/m1/s1. The van der Waals surface area contributed by atoms with Crippen molar-refractivity contribution in [3.05, 3.63) is 33.1 Å². The molecule has 0 spiro atoms. The Morgan fingerprint density at radius 2 is 1.66 bits per heavy atom. The average Bonchev–Trinajstić information content (AvgIpc) is 3.01. The minimum absolute atomic E-state index is 0.00899. The Morgan fingerprint density at radius 3 is 2.17 bits per heavy atom. The van der Waals surface area contributed by atoms with Crippen LogP contribution in [0, 0.1) is 11.3 Å². The fourth-order valence-electron chi connectivity index (χ4n) is 3.29. The van der Waals surface area contributed by atoms with E-state index in [9.17, 15) is 9.59 Å².